The van der Waals surface area contributed by atoms with E-state index in [1.807, 2.05) is 6.92 Å². The molecule has 2 N–H and O–H groups in total. The van der Waals surface area contributed by atoms with E-state index in [0.29, 0.717) is 13.2 Å². The third-order valence-electron chi connectivity index (χ3n) is 2.74. The van der Waals surface area contributed by atoms with Crippen molar-refractivity contribution in [2.75, 3.05) is 13.2 Å². The molecule has 2 rings (SSSR count). The summed E-state index contributed by atoms with van der Waals surface area (Å²) in [7, 11) is 0. The Labute approximate surface area is 168 Å². The molecule has 23 heavy (non-hydrogen) atoms. The van der Waals surface area contributed by atoms with E-state index in [9.17, 15) is 0 Å². The second-order valence-corrected chi connectivity index (χ2v) is 5.98. The molecule has 0 aromatic heterocycles. The van der Waals surface area contributed by atoms with Gasteiger partial charge in [-0.3, -0.25) is 12.2 Å². The van der Waals surface area contributed by atoms with Gasteiger partial charge in [0, 0.05) is 13.2 Å². The van der Waals surface area contributed by atoms with Crippen LogP contribution in [0.1, 0.15) is 45.4 Å². The van der Waals surface area contributed by atoms with E-state index in [4.69, 9.17) is 10.2 Å². The molecule has 0 aliphatic heterocycles. The molecule has 0 saturated heterocycles. The van der Waals surface area contributed by atoms with Crippen LogP contribution >= 0.6 is 24.8 Å². The minimum Gasteiger partial charge on any atom is -0.396 e. The van der Waals surface area contributed by atoms with Crippen molar-refractivity contribution < 1.29 is 34.4 Å². The Morgan fingerprint density at radius 3 is 1.52 bits per heavy atom. The van der Waals surface area contributed by atoms with Crippen molar-refractivity contribution in [3.05, 3.63) is 47.6 Å². The van der Waals surface area contributed by atoms with Crippen LogP contribution in [0, 0.1) is 12.2 Å². The molecule has 5 heteroatoms. The molecular formula is C18H28Cl2O2Zr. The molecule has 0 radical (unpaired) electrons. The van der Waals surface area contributed by atoms with E-state index >= 15 is 0 Å². The van der Waals surface area contributed by atoms with Crippen LogP contribution in [-0.2, 0) is 24.2 Å². The van der Waals surface area contributed by atoms with Crippen molar-refractivity contribution >= 4 is 28.5 Å². The van der Waals surface area contributed by atoms with Gasteiger partial charge >= 0.3 is 34.9 Å². The Balaban J connectivity index is -0.000000277. The predicted octanol–water partition coefficient (Wildman–Crippen LogP) is 4.10. The van der Waals surface area contributed by atoms with Crippen LogP contribution in [-0.4, -0.2) is 27.1 Å². The zero-order valence-corrected chi connectivity index (χ0v) is 17.8. The molecular weight excluding hydrogens is 410 g/mol. The van der Waals surface area contributed by atoms with Crippen molar-refractivity contribution in [2.45, 2.75) is 45.4 Å². The zero-order valence-electron chi connectivity index (χ0n) is 13.8. The van der Waals surface area contributed by atoms with Crippen molar-refractivity contribution in [1.29, 1.82) is 0 Å². The van der Waals surface area contributed by atoms with Gasteiger partial charge in [0.05, 0.1) is 0 Å². The molecule has 0 bridgehead atoms. The maximum absolute atomic E-state index is 8.46. The molecule has 130 valence electrons. The third kappa shape index (κ3) is 18.4. The predicted molar refractivity (Wildman–Crippen MR) is 99.9 cm³/mol. The molecule has 2 nitrogen and oxygen atoms in total. The van der Waals surface area contributed by atoms with Gasteiger partial charge in [0.15, 0.2) is 0 Å². The van der Waals surface area contributed by atoms with Crippen LogP contribution < -0.4 is 0 Å². The molecule has 0 atom stereocenters. The fourth-order valence-electron chi connectivity index (χ4n) is 1.78. The molecule has 0 aromatic rings. The SMILES string of the molecule is C[CH]=[Zr+2].Cl.Cl.OCCCC1=[C-]CC=C1.OCCCC1=[C-]CC=C1. The number of hydrogen-bond donors (Lipinski definition) is 2. The number of hydrogen-bond acceptors (Lipinski definition) is 2. The molecule has 0 aromatic carbocycles. The Morgan fingerprint density at radius 2 is 1.30 bits per heavy atom. The molecule has 2 aliphatic carbocycles. The summed E-state index contributed by atoms with van der Waals surface area (Å²) in [6, 6.07) is 0. The number of allylic oxidation sites excluding steroid dienone is 8. The smallest absolute Gasteiger partial charge is 0.0433 e. The minimum atomic E-state index is 0. The van der Waals surface area contributed by atoms with E-state index in [0.717, 1.165) is 38.5 Å². The second-order valence-electron chi connectivity index (χ2n) is 4.56. The number of aliphatic hydroxyl groups is 2. The van der Waals surface area contributed by atoms with Crippen molar-refractivity contribution in [3.8, 4) is 0 Å². The summed E-state index contributed by atoms with van der Waals surface area (Å²) in [5, 5.41) is 16.9. The maximum atomic E-state index is 8.46. The molecule has 0 fully saturated rings. The zero-order chi connectivity index (χ0) is 15.8. The first-order valence-electron chi connectivity index (χ1n) is 7.47. The maximum Gasteiger partial charge on any atom is 0.0433 e. The second kappa shape index (κ2) is 22.2. The standard InChI is InChI=1S/2C8H11O.C2H4.2ClH.Zr/c2*9-7-3-6-8-4-1-2-5-8;1-2;;;/h2*1,4,9H,2-3,6-7H2;1H,2H3;2*1H;/q2*-1;;;;+2. The quantitative estimate of drug-likeness (QED) is 0.613. The first-order chi connectivity index (χ1) is 10.3. The van der Waals surface area contributed by atoms with E-state index in [1.165, 1.54) is 35.4 Å². The average Bonchev–Trinajstić information content (AvgIpc) is 3.18. The first-order valence-corrected chi connectivity index (χ1v) is 8.89. The van der Waals surface area contributed by atoms with Crippen LogP contribution in [0.4, 0.5) is 0 Å². The number of rotatable bonds is 6. The summed E-state index contributed by atoms with van der Waals surface area (Å²) in [5.74, 6) is 0. The van der Waals surface area contributed by atoms with Gasteiger partial charge in [-0.1, -0.05) is 12.8 Å². The first kappa shape index (κ1) is 28.0. The van der Waals surface area contributed by atoms with Gasteiger partial charge in [-0.2, -0.15) is 12.2 Å². The van der Waals surface area contributed by atoms with Gasteiger partial charge in [0.1, 0.15) is 0 Å². The Bertz CT molecular complexity index is 354. The average molecular weight is 439 g/mol. The summed E-state index contributed by atoms with van der Waals surface area (Å²) >= 11 is 1.51. The summed E-state index contributed by atoms with van der Waals surface area (Å²) in [6.45, 7) is 2.62. The van der Waals surface area contributed by atoms with Crippen molar-refractivity contribution in [1.82, 2.24) is 0 Å². The Kier molecular flexibility index (Phi) is 27.1. The number of halogens is 2. The van der Waals surface area contributed by atoms with Crippen LogP contribution in [0.2, 0.25) is 0 Å². The summed E-state index contributed by atoms with van der Waals surface area (Å²) in [6.07, 6.45) is 20.3. The summed E-state index contributed by atoms with van der Waals surface area (Å²) < 4.78 is 2.09. The van der Waals surface area contributed by atoms with E-state index in [1.54, 1.807) is 0 Å². The van der Waals surface area contributed by atoms with Gasteiger partial charge < -0.3 is 10.2 Å². The molecule has 0 spiro atoms. The topological polar surface area (TPSA) is 40.5 Å². The van der Waals surface area contributed by atoms with Crippen LogP contribution in [0.25, 0.3) is 0 Å². The monoisotopic (exact) mass is 436 g/mol. The summed E-state index contributed by atoms with van der Waals surface area (Å²) in [5.41, 5.74) is 2.51. The minimum absolute atomic E-state index is 0. The van der Waals surface area contributed by atoms with Gasteiger partial charge in [-0.05, 0) is 12.8 Å². The fraction of sp³-hybridized carbons (Fsp3) is 0.500. The van der Waals surface area contributed by atoms with Crippen LogP contribution in [0.3, 0.4) is 0 Å². The summed E-state index contributed by atoms with van der Waals surface area (Å²) in [4.78, 5) is 0. The molecule has 0 heterocycles. The Morgan fingerprint density at radius 1 is 0.957 bits per heavy atom. The van der Waals surface area contributed by atoms with Crippen molar-refractivity contribution in [2.24, 2.45) is 0 Å². The Hall–Kier alpha value is 0.213. The van der Waals surface area contributed by atoms with Crippen molar-refractivity contribution in [3.63, 3.8) is 0 Å². The normalized spacial score (nSPS) is 13.4. The van der Waals surface area contributed by atoms with E-state index in [2.05, 4.69) is 40.2 Å². The molecule has 2 aliphatic rings. The van der Waals surface area contributed by atoms with Gasteiger partial charge in [-0.25, -0.2) is 23.3 Å². The van der Waals surface area contributed by atoms with Gasteiger partial charge in [0.2, 0.25) is 0 Å². The van der Waals surface area contributed by atoms with Crippen LogP contribution in [0.5, 0.6) is 0 Å². The van der Waals surface area contributed by atoms with E-state index in [-0.39, 0.29) is 24.8 Å². The van der Waals surface area contributed by atoms with Crippen LogP contribution in [0.15, 0.2) is 35.5 Å². The van der Waals surface area contributed by atoms with E-state index < -0.39 is 0 Å². The van der Waals surface area contributed by atoms with Gasteiger partial charge in [-0.15, -0.1) is 37.7 Å². The fourth-order valence-corrected chi connectivity index (χ4v) is 1.78. The molecule has 0 saturated carbocycles. The molecule has 0 unspecified atom stereocenters. The third-order valence-corrected chi connectivity index (χ3v) is 2.74. The number of aliphatic hydroxyl groups excluding tert-OH is 2. The largest absolute Gasteiger partial charge is 0.396 e. The molecule has 0 amide bonds. The van der Waals surface area contributed by atoms with Gasteiger partial charge in [0.25, 0.3) is 0 Å².